The molecule has 0 spiro atoms. The Balaban J connectivity index is 1.95. The van der Waals surface area contributed by atoms with Gasteiger partial charge in [0.2, 0.25) is 0 Å². The molecule has 2 aromatic carbocycles. The van der Waals surface area contributed by atoms with Crippen LogP contribution < -0.4 is 11.2 Å². The summed E-state index contributed by atoms with van der Waals surface area (Å²) in [4.78, 5) is -0.0422. The number of hydrazone groups is 1. The average molecular weight is 350 g/mol. The number of nitrogens with two attached hydrogens (primary N) is 1. The van der Waals surface area contributed by atoms with Gasteiger partial charge in [-0.05, 0) is 41.9 Å². The summed E-state index contributed by atoms with van der Waals surface area (Å²) in [6, 6.07) is 11.6. The highest BCUT2D eigenvalue weighted by molar-refractivity contribution is 7.86. The minimum Gasteiger partial charge on any atom is -0.366 e. The van der Waals surface area contributed by atoms with E-state index in [2.05, 4.69) is 20.0 Å². The van der Waals surface area contributed by atoms with Crippen molar-refractivity contribution in [2.24, 2.45) is 16.0 Å². The summed E-state index contributed by atoms with van der Waals surface area (Å²) in [5.74, 6) is -0.722. The number of rotatable bonds is 5. The number of halogens is 1. The summed E-state index contributed by atoms with van der Waals surface area (Å²) < 4.78 is 41.0. The highest BCUT2D eigenvalue weighted by Gasteiger charge is 2.15. The number of hydrogen-bond acceptors (Lipinski definition) is 5. The number of nitrogens with zero attached hydrogens (tertiary/aromatic N) is 2. The number of nitrogens with one attached hydrogen (secondary N) is 1. The fourth-order valence-corrected chi connectivity index (χ4v) is 2.31. The summed E-state index contributed by atoms with van der Waals surface area (Å²) >= 11 is 0. The zero-order valence-corrected chi connectivity index (χ0v) is 13.5. The molecular formula is C15H15FN4O3S. The van der Waals surface area contributed by atoms with Crippen LogP contribution in [0, 0.1) is 12.7 Å². The molecule has 0 aromatic heterocycles. The first-order valence-electron chi connectivity index (χ1n) is 6.75. The zero-order valence-electron chi connectivity index (χ0n) is 12.7. The molecule has 0 atom stereocenters. The predicted molar refractivity (Wildman–Crippen MR) is 88.2 cm³/mol. The monoisotopic (exact) mass is 350 g/mol. The minimum atomic E-state index is -4.06. The predicted octanol–water partition coefficient (Wildman–Crippen LogP) is 1.69. The summed E-state index contributed by atoms with van der Waals surface area (Å²) in [5.41, 5.74) is 9.27. The Morgan fingerprint density at radius 2 is 1.79 bits per heavy atom. The van der Waals surface area contributed by atoms with Crippen molar-refractivity contribution in [3.05, 3.63) is 65.5 Å². The Morgan fingerprint density at radius 3 is 2.42 bits per heavy atom. The van der Waals surface area contributed by atoms with Crippen molar-refractivity contribution in [1.82, 2.24) is 5.43 Å². The fourth-order valence-electron chi connectivity index (χ4n) is 1.58. The first kappa shape index (κ1) is 17.4. The van der Waals surface area contributed by atoms with Gasteiger partial charge in [-0.1, -0.05) is 29.8 Å². The number of hydrogen-bond donors (Lipinski definition) is 2. The van der Waals surface area contributed by atoms with Crippen LogP contribution in [0.1, 0.15) is 11.1 Å². The summed E-state index contributed by atoms with van der Waals surface area (Å²) in [6.45, 7) is 1.83. The molecule has 0 saturated carbocycles. The number of guanidine groups is 1. The molecule has 0 unspecified atom stereocenters. The van der Waals surface area contributed by atoms with Crippen molar-refractivity contribution in [2.45, 2.75) is 11.8 Å². The second kappa shape index (κ2) is 7.55. The van der Waals surface area contributed by atoms with Crippen LogP contribution in [0.2, 0.25) is 0 Å². The lowest BCUT2D eigenvalue weighted by Gasteiger charge is -2.03. The molecular weight excluding hydrogens is 335 g/mol. The SMILES string of the molecule is Cc1ccc(S(=O)(=O)ON=C(N)NN=Cc2ccc(F)cc2)cc1. The maximum Gasteiger partial charge on any atom is 0.358 e. The minimum absolute atomic E-state index is 0.0422. The second-order valence-electron chi connectivity index (χ2n) is 4.74. The van der Waals surface area contributed by atoms with E-state index in [1.165, 1.54) is 42.6 Å². The molecule has 0 heterocycles. The van der Waals surface area contributed by atoms with Crippen LogP contribution >= 0.6 is 0 Å². The lowest BCUT2D eigenvalue weighted by Crippen LogP contribution is -2.28. The van der Waals surface area contributed by atoms with Crippen molar-refractivity contribution in [3.63, 3.8) is 0 Å². The van der Waals surface area contributed by atoms with Gasteiger partial charge in [0.15, 0.2) is 0 Å². The van der Waals surface area contributed by atoms with E-state index in [0.29, 0.717) is 5.56 Å². The Morgan fingerprint density at radius 1 is 1.17 bits per heavy atom. The van der Waals surface area contributed by atoms with Gasteiger partial charge >= 0.3 is 10.1 Å². The van der Waals surface area contributed by atoms with Gasteiger partial charge in [0.05, 0.1) is 6.21 Å². The molecule has 0 saturated heterocycles. The average Bonchev–Trinajstić information content (AvgIpc) is 2.55. The molecule has 0 bridgehead atoms. The number of aryl methyl sites for hydroxylation is 1. The number of benzene rings is 2. The maximum atomic E-state index is 12.7. The maximum absolute atomic E-state index is 12.7. The Hall–Kier alpha value is -2.94. The Bertz CT molecular complexity index is 847. The van der Waals surface area contributed by atoms with E-state index in [1.54, 1.807) is 12.1 Å². The molecule has 2 aromatic rings. The van der Waals surface area contributed by atoms with E-state index >= 15 is 0 Å². The van der Waals surface area contributed by atoms with E-state index in [1.807, 2.05) is 6.92 Å². The first-order chi connectivity index (χ1) is 11.4. The van der Waals surface area contributed by atoms with Crippen molar-refractivity contribution < 1.29 is 17.1 Å². The summed E-state index contributed by atoms with van der Waals surface area (Å²) in [7, 11) is -4.06. The smallest absolute Gasteiger partial charge is 0.358 e. The molecule has 3 N–H and O–H groups in total. The summed E-state index contributed by atoms with van der Waals surface area (Å²) in [6.07, 6.45) is 1.36. The Kier molecular flexibility index (Phi) is 5.48. The van der Waals surface area contributed by atoms with E-state index < -0.39 is 10.1 Å². The van der Waals surface area contributed by atoms with Crippen molar-refractivity contribution in [2.75, 3.05) is 0 Å². The van der Waals surface area contributed by atoms with Gasteiger partial charge in [0, 0.05) is 0 Å². The third kappa shape index (κ3) is 5.06. The van der Waals surface area contributed by atoms with Gasteiger partial charge in [-0.15, -0.1) is 0 Å². The topological polar surface area (TPSA) is 106 Å². The third-order valence-corrected chi connectivity index (χ3v) is 3.93. The fraction of sp³-hybridized carbons (Fsp3) is 0.0667. The molecule has 9 heteroatoms. The molecule has 0 amide bonds. The summed E-state index contributed by atoms with van der Waals surface area (Å²) in [5, 5.41) is 6.99. The van der Waals surface area contributed by atoms with E-state index in [-0.39, 0.29) is 16.7 Å². The van der Waals surface area contributed by atoms with Crippen LogP contribution in [0.5, 0.6) is 0 Å². The zero-order chi connectivity index (χ0) is 17.6. The van der Waals surface area contributed by atoms with Crippen LogP contribution in [0.25, 0.3) is 0 Å². The van der Waals surface area contributed by atoms with E-state index in [9.17, 15) is 12.8 Å². The molecule has 0 fully saturated rings. The molecule has 7 nitrogen and oxygen atoms in total. The molecule has 0 aliphatic rings. The molecule has 24 heavy (non-hydrogen) atoms. The largest absolute Gasteiger partial charge is 0.366 e. The van der Waals surface area contributed by atoms with Gasteiger partial charge in [-0.25, -0.2) is 9.82 Å². The standard InChI is InChI=1S/C15H15FN4O3S/c1-11-2-8-14(9-3-11)24(21,22)23-20-15(17)19-18-10-12-4-6-13(16)7-5-12/h2-10H,1H3,(H3,17,19,20). The van der Waals surface area contributed by atoms with Gasteiger partial charge in [-0.3, -0.25) is 4.28 Å². The number of oxime groups is 1. The van der Waals surface area contributed by atoms with Crippen LogP contribution in [-0.2, 0) is 14.4 Å². The lowest BCUT2D eigenvalue weighted by molar-refractivity contribution is 0.336. The highest BCUT2D eigenvalue weighted by Crippen LogP contribution is 2.13. The van der Waals surface area contributed by atoms with Crippen LogP contribution in [0.3, 0.4) is 0 Å². The quantitative estimate of drug-likeness (QED) is 0.485. The van der Waals surface area contributed by atoms with Crippen LogP contribution in [0.4, 0.5) is 4.39 Å². The normalized spacial score (nSPS) is 12.3. The van der Waals surface area contributed by atoms with Gasteiger partial charge < -0.3 is 5.73 Å². The molecule has 126 valence electrons. The van der Waals surface area contributed by atoms with Gasteiger partial charge in [0.1, 0.15) is 10.7 Å². The van der Waals surface area contributed by atoms with E-state index in [0.717, 1.165) is 5.56 Å². The lowest BCUT2D eigenvalue weighted by atomic mass is 10.2. The highest BCUT2D eigenvalue weighted by atomic mass is 32.2. The van der Waals surface area contributed by atoms with Gasteiger partial charge in [-0.2, -0.15) is 13.5 Å². The van der Waals surface area contributed by atoms with Crippen LogP contribution in [0.15, 0.2) is 63.7 Å². The Labute approximate surface area is 138 Å². The van der Waals surface area contributed by atoms with Crippen molar-refractivity contribution >= 4 is 22.3 Å². The molecule has 0 radical (unpaired) electrons. The van der Waals surface area contributed by atoms with Crippen LogP contribution in [-0.4, -0.2) is 20.6 Å². The molecule has 0 aliphatic carbocycles. The van der Waals surface area contributed by atoms with Crippen molar-refractivity contribution in [3.8, 4) is 0 Å². The second-order valence-corrected chi connectivity index (χ2v) is 6.27. The molecule has 0 aliphatic heterocycles. The van der Waals surface area contributed by atoms with Gasteiger partial charge in [0.25, 0.3) is 5.96 Å². The van der Waals surface area contributed by atoms with E-state index in [4.69, 9.17) is 5.73 Å². The molecule has 2 rings (SSSR count). The first-order valence-corrected chi connectivity index (χ1v) is 8.16. The third-order valence-electron chi connectivity index (χ3n) is 2.81. The van der Waals surface area contributed by atoms with Crippen molar-refractivity contribution in [1.29, 1.82) is 0 Å².